The maximum Gasteiger partial charge on any atom is 0.312 e. The van der Waals surface area contributed by atoms with Crippen LogP contribution in [0.4, 0.5) is 0 Å². The molecule has 2 unspecified atom stereocenters. The quantitative estimate of drug-likeness (QED) is 0.856. The van der Waals surface area contributed by atoms with Crippen LogP contribution in [0.5, 0.6) is 0 Å². The normalized spacial score (nSPS) is 21.1. The second kappa shape index (κ2) is 8.11. The number of hydrogen-bond acceptors (Lipinski definition) is 3. The molecule has 5 heteroatoms. The van der Waals surface area contributed by atoms with Crippen LogP contribution in [0.25, 0.3) is 0 Å². The Kier molecular flexibility index (Phi) is 6.16. The summed E-state index contributed by atoms with van der Waals surface area (Å²) >= 11 is 0. The zero-order valence-corrected chi connectivity index (χ0v) is 13.9. The lowest BCUT2D eigenvalue weighted by Crippen LogP contribution is -2.50. The van der Waals surface area contributed by atoms with Crippen LogP contribution in [-0.2, 0) is 16.1 Å². The molecule has 2 amide bonds. The monoisotopic (exact) mass is 318 g/mol. The Morgan fingerprint density at radius 2 is 1.78 bits per heavy atom. The highest BCUT2D eigenvalue weighted by Gasteiger charge is 2.31. The number of amides is 2. The summed E-state index contributed by atoms with van der Waals surface area (Å²) in [7, 11) is 0. The van der Waals surface area contributed by atoms with E-state index in [2.05, 4.69) is 13.8 Å². The summed E-state index contributed by atoms with van der Waals surface area (Å²) in [6.45, 7) is 5.83. The van der Waals surface area contributed by atoms with E-state index in [0.29, 0.717) is 31.5 Å². The van der Waals surface area contributed by atoms with Crippen molar-refractivity contribution in [3.63, 3.8) is 0 Å². The molecule has 2 atom stereocenters. The van der Waals surface area contributed by atoms with E-state index < -0.39 is 11.8 Å². The molecule has 0 saturated carbocycles. The highest BCUT2D eigenvalue weighted by molar-refractivity contribution is 6.34. The molecule has 0 bridgehead atoms. The summed E-state index contributed by atoms with van der Waals surface area (Å²) in [5.74, 6) is -0.149. The molecule has 2 rings (SSSR count). The fourth-order valence-electron chi connectivity index (χ4n) is 3.28. The lowest BCUT2D eigenvalue weighted by Gasteiger charge is -2.35. The van der Waals surface area contributed by atoms with Crippen LogP contribution in [0.15, 0.2) is 30.3 Å². The summed E-state index contributed by atoms with van der Waals surface area (Å²) in [6.07, 6.45) is 1.09. The molecule has 1 fully saturated rings. The van der Waals surface area contributed by atoms with Crippen LogP contribution in [-0.4, -0.2) is 53.0 Å². The molecule has 0 aliphatic carbocycles. The standard InChI is InChI=1S/C18H26N2O3/c1-14-10-15(2)12-20(11-14)18(23)17(22)19(8-9-21)13-16-6-4-3-5-7-16/h3-7,14-15,21H,8-13H2,1-2H3. The van der Waals surface area contributed by atoms with Crippen molar-refractivity contribution in [3.05, 3.63) is 35.9 Å². The Morgan fingerprint density at radius 1 is 1.17 bits per heavy atom. The minimum Gasteiger partial charge on any atom is -0.395 e. The fourth-order valence-corrected chi connectivity index (χ4v) is 3.28. The Morgan fingerprint density at radius 3 is 2.35 bits per heavy atom. The molecule has 126 valence electrons. The molecule has 1 saturated heterocycles. The molecular weight excluding hydrogens is 292 g/mol. The molecule has 1 aromatic carbocycles. The summed E-state index contributed by atoms with van der Waals surface area (Å²) in [6, 6.07) is 9.52. The van der Waals surface area contributed by atoms with Gasteiger partial charge in [0.15, 0.2) is 0 Å². The second-order valence-electron chi connectivity index (χ2n) is 6.59. The number of benzene rings is 1. The van der Waals surface area contributed by atoms with Gasteiger partial charge in [-0.05, 0) is 23.8 Å². The number of likely N-dealkylation sites (tertiary alicyclic amines) is 1. The van der Waals surface area contributed by atoms with Gasteiger partial charge in [-0.3, -0.25) is 9.59 Å². The van der Waals surface area contributed by atoms with Gasteiger partial charge in [0, 0.05) is 26.2 Å². The van der Waals surface area contributed by atoms with Crippen LogP contribution in [0.3, 0.4) is 0 Å². The van der Waals surface area contributed by atoms with E-state index in [1.165, 1.54) is 4.90 Å². The zero-order chi connectivity index (χ0) is 16.8. The molecule has 0 aromatic heterocycles. The van der Waals surface area contributed by atoms with Crippen molar-refractivity contribution in [3.8, 4) is 0 Å². The van der Waals surface area contributed by atoms with Gasteiger partial charge < -0.3 is 14.9 Å². The second-order valence-corrected chi connectivity index (χ2v) is 6.59. The van der Waals surface area contributed by atoms with Gasteiger partial charge in [0.25, 0.3) is 0 Å². The Balaban J connectivity index is 2.06. The van der Waals surface area contributed by atoms with Crippen molar-refractivity contribution in [1.29, 1.82) is 0 Å². The first kappa shape index (κ1) is 17.5. The van der Waals surface area contributed by atoms with E-state index in [1.807, 2.05) is 30.3 Å². The van der Waals surface area contributed by atoms with Gasteiger partial charge in [0.1, 0.15) is 0 Å². The predicted molar refractivity (Wildman–Crippen MR) is 88.5 cm³/mol. The third-order valence-corrected chi connectivity index (χ3v) is 4.21. The Bertz CT molecular complexity index is 522. The highest BCUT2D eigenvalue weighted by atomic mass is 16.3. The summed E-state index contributed by atoms with van der Waals surface area (Å²) in [5, 5.41) is 9.22. The molecule has 1 aromatic rings. The van der Waals surface area contributed by atoms with Gasteiger partial charge >= 0.3 is 11.8 Å². The highest BCUT2D eigenvalue weighted by Crippen LogP contribution is 2.21. The van der Waals surface area contributed by atoms with Crippen molar-refractivity contribution in [1.82, 2.24) is 9.80 Å². The lowest BCUT2D eigenvalue weighted by molar-refractivity contribution is -0.154. The van der Waals surface area contributed by atoms with E-state index in [4.69, 9.17) is 0 Å². The van der Waals surface area contributed by atoms with Gasteiger partial charge in [-0.2, -0.15) is 0 Å². The number of nitrogens with zero attached hydrogens (tertiary/aromatic N) is 2. The van der Waals surface area contributed by atoms with Crippen molar-refractivity contribution in [2.24, 2.45) is 11.8 Å². The first-order chi connectivity index (χ1) is 11.0. The van der Waals surface area contributed by atoms with Crippen LogP contribution in [0.1, 0.15) is 25.8 Å². The van der Waals surface area contributed by atoms with E-state index in [1.54, 1.807) is 4.90 Å². The molecule has 5 nitrogen and oxygen atoms in total. The molecule has 0 spiro atoms. The molecule has 23 heavy (non-hydrogen) atoms. The molecule has 1 heterocycles. The third kappa shape index (κ3) is 4.79. The Labute approximate surface area is 137 Å². The summed E-state index contributed by atoms with van der Waals surface area (Å²) in [4.78, 5) is 28.2. The lowest BCUT2D eigenvalue weighted by atomic mass is 9.92. The molecule has 1 aliphatic heterocycles. The maximum absolute atomic E-state index is 12.6. The molecule has 0 radical (unpaired) electrons. The molecule has 1 N–H and O–H groups in total. The predicted octanol–water partition coefficient (Wildman–Crippen LogP) is 1.51. The Hall–Kier alpha value is -1.88. The largest absolute Gasteiger partial charge is 0.395 e. The van der Waals surface area contributed by atoms with E-state index in [-0.39, 0.29) is 13.2 Å². The van der Waals surface area contributed by atoms with Crippen molar-refractivity contribution >= 4 is 11.8 Å². The van der Waals surface area contributed by atoms with Gasteiger partial charge in [-0.1, -0.05) is 44.2 Å². The van der Waals surface area contributed by atoms with Crippen LogP contribution in [0, 0.1) is 11.8 Å². The number of aliphatic hydroxyl groups is 1. The van der Waals surface area contributed by atoms with Crippen molar-refractivity contribution in [2.45, 2.75) is 26.8 Å². The average Bonchev–Trinajstić information content (AvgIpc) is 2.53. The van der Waals surface area contributed by atoms with Gasteiger partial charge in [0.05, 0.1) is 6.61 Å². The smallest absolute Gasteiger partial charge is 0.312 e. The SMILES string of the molecule is CC1CC(C)CN(C(=O)C(=O)N(CCO)Cc2ccccc2)C1. The minimum atomic E-state index is -0.524. The summed E-state index contributed by atoms with van der Waals surface area (Å²) < 4.78 is 0. The first-order valence-electron chi connectivity index (χ1n) is 8.24. The van der Waals surface area contributed by atoms with Crippen LogP contribution in [0.2, 0.25) is 0 Å². The number of rotatable bonds is 4. The number of carbonyl (C=O) groups is 2. The number of piperidine rings is 1. The summed E-state index contributed by atoms with van der Waals surface area (Å²) in [5.41, 5.74) is 0.947. The average molecular weight is 318 g/mol. The van der Waals surface area contributed by atoms with E-state index in [0.717, 1.165) is 12.0 Å². The third-order valence-electron chi connectivity index (χ3n) is 4.21. The maximum atomic E-state index is 12.6. The number of carbonyl (C=O) groups excluding carboxylic acids is 2. The molecule has 1 aliphatic rings. The number of aliphatic hydroxyl groups excluding tert-OH is 1. The van der Waals surface area contributed by atoms with Crippen LogP contribution >= 0.6 is 0 Å². The minimum absolute atomic E-state index is 0.154. The van der Waals surface area contributed by atoms with Gasteiger partial charge in [-0.25, -0.2) is 0 Å². The van der Waals surface area contributed by atoms with Crippen LogP contribution < -0.4 is 0 Å². The zero-order valence-electron chi connectivity index (χ0n) is 13.9. The molecular formula is C18H26N2O3. The van der Waals surface area contributed by atoms with Crippen molar-refractivity contribution < 1.29 is 14.7 Å². The topological polar surface area (TPSA) is 60.9 Å². The number of hydrogen-bond donors (Lipinski definition) is 1. The first-order valence-corrected chi connectivity index (χ1v) is 8.24. The van der Waals surface area contributed by atoms with E-state index in [9.17, 15) is 14.7 Å². The van der Waals surface area contributed by atoms with Gasteiger partial charge in [0.2, 0.25) is 0 Å². The van der Waals surface area contributed by atoms with E-state index >= 15 is 0 Å². The van der Waals surface area contributed by atoms with Crippen molar-refractivity contribution in [2.75, 3.05) is 26.2 Å². The fraction of sp³-hybridized carbons (Fsp3) is 0.556. The van der Waals surface area contributed by atoms with Gasteiger partial charge in [-0.15, -0.1) is 0 Å².